The standard InChI is InChI=1S/C59H71N9O12S2/c1-5-65(6-2)44-20-23-48-53(37-44)80-54-38-45(66(7-3)8-4)21-24-49(54)58(48)50-25-22-46(39-55(50)82(74,75)76)81(72,73)61-28-31-77-33-35-79-36-34-78-32-30-67-41-43(63-64-67)40-60-56(69)26-27-57(70)62-51-18-14-29-68(52-19-13-12-17-47(51)52)59(71)42-15-10-9-11-16-42/h9-13,15-17,19-25,37-39,41,51,61H,5-8,14,18,26-36,40H2,1-4H3,(H2-,60,62,69,70,74,75,76). The number of amides is 3. The van der Waals surface area contributed by atoms with E-state index in [1.807, 2.05) is 107 Å². The highest BCUT2D eigenvalue weighted by Crippen LogP contribution is 2.43. The van der Waals surface area contributed by atoms with Gasteiger partial charge in [0.25, 0.3) is 5.91 Å². The molecule has 8 rings (SSSR count). The molecular formula is C59H71N9O12S2. The number of ether oxygens (including phenoxy) is 3. The number of hydrogen-bond donors (Lipinski definition) is 3. The molecule has 3 heterocycles. The van der Waals surface area contributed by atoms with Gasteiger partial charge in [0.2, 0.25) is 27.2 Å². The second-order valence-corrected chi connectivity index (χ2v) is 22.5. The third-order valence-electron chi connectivity index (χ3n) is 14.2. The molecule has 1 aromatic heterocycles. The maximum absolute atomic E-state index is 13.5. The highest BCUT2D eigenvalue weighted by Gasteiger charge is 2.29. The molecule has 4 aromatic carbocycles. The van der Waals surface area contributed by atoms with Gasteiger partial charge in [-0.05, 0) is 94.6 Å². The first-order valence-electron chi connectivity index (χ1n) is 27.7. The predicted octanol–water partition coefficient (Wildman–Crippen LogP) is 6.08. The van der Waals surface area contributed by atoms with Crippen LogP contribution in [-0.2, 0) is 57.0 Å². The van der Waals surface area contributed by atoms with Gasteiger partial charge in [-0.15, -0.1) is 5.10 Å². The van der Waals surface area contributed by atoms with Crippen LogP contribution in [0.2, 0.25) is 0 Å². The van der Waals surface area contributed by atoms with E-state index in [1.54, 1.807) is 27.9 Å². The third kappa shape index (κ3) is 15.4. The molecule has 0 fully saturated rings. The van der Waals surface area contributed by atoms with Crippen LogP contribution >= 0.6 is 0 Å². The molecule has 5 aromatic rings. The van der Waals surface area contributed by atoms with Crippen molar-refractivity contribution in [1.82, 2.24) is 34.9 Å². The zero-order chi connectivity index (χ0) is 58.2. The van der Waals surface area contributed by atoms with Crippen molar-refractivity contribution in [2.45, 2.75) is 82.3 Å². The van der Waals surface area contributed by atoms with Gasteiger partial charge in [-0.1, -0.05) is 47.7 Å². The molecule has 0 spiro atoms. The topological polar surface area (TPSA) is 260 Å². The van der Waals surface area contributed by atoms with Gasteiger partial charge >= 0.3 is 0 Å². The van der Waals surface area contributed by atoms with Gasteiger partial charge in [0.1, 0.15) is 40.2 Å². The van der Waals surface area contributed by atoms with Crippen molar-refractivity contribution in [2.24, 2.45) is 0 Å². The average molecular weight is 1160 g/mol. The summed E-state index contributed by atoms with van der Waals surface area (Å²) < 4.78 is 95.5. The number of carbonyl (C=O) groups is 3. The number of aromatic nitrogens is 3. The fraction of sp³-hybridized carbons (Fsp3) is 0.390. The minimum atomic E-state index is -5.21. The molecule has 21 nitrogen and oxygen atoms in total. The third-order valence-corrected chi connectivity index (χ3v) is 16.5. The summed E-state index contributed by atoms with van der Waals surface area (Å²) in [7, 11) is -9.50. The summed E-state index contributed by atoms with van der Waals surface area (Å²) in [6.07, 6.45) is 3.01. The Morgan fingerprint density at radius 3 is 2.21 bits per heavy atom. The quantitative estimate of drug-likeness (QED) is 0.0217. The zero-order valence-corrected chi connectivity index (χ0v) is 48.3. The Morgan fingerprint density at radius 1 is 0.780 bits per heavy atom. The van der Waals surface area contributed by atoms with E-state index in [-0.39, 0.29) is 88.3 Å². The van der Waals surface area contributed by atoms with Gasteiger partial charge in [-0.25, -0.2) is 30.8 Å². The number of benzene rings is 5. The maximum atomic E-state index is 13.5. The molecular weight excluding hydrogens is 1090 g/mol. The predicted molar refractivity (Wildman–Crippen MR) is 310 cm³/mol. The first-order valence-corrected chi connectivity index (χ1v) is 30.6. The molecule has 1 atom stereocenters. The van der Waals surface area contributed by atoms with Crippen molar-refractivity contribution in [2.75, 3.05) is 88.7 Å². The normalized spacial score (nSPS) is 13.7. The first kappa shape index (κ1) is 60.7. The van der Waals surface area contributed by atoms with Crippen LogP contribution in [0.15, 0.2) is 130 Å². The van der Waals surface area contributed by atoms with Crippen LogP contribution in [0.4, 0.5) is 11.4 Å². The number of sulfonamides is 1. The Balaban J connectivity index is 0.732. The highest BCUT2D eigenvalue weighted by molar-refractivity contribution is 7.89. The molecule has 23 heteroatoms. The van der Waals surface area contributed by atoms with E-state index in [0.717, 1.165) is 54.5 Å². The molecule has 0 radical (unpaired) electrons. The summed E-state index contributed by atoms with van der Waals surface area (Å²) in [6.45, 7) is 13.3. The van der Waals surface area contributed by atoms with Gasteiger partial charge in [-0.3, -0.25) is 14.4 Å². The van der Waals surface area contributed by atoms with Crippen molar-refractivity contribution in [3.05, 3.63) is 138 Å². The van der Waals surface area contributed by atoms with Crippen LogP contribution < -0.4 is 35.1 Å². The largest absolute Gasteiger partial charge is 0.744 e. The number of para-hydroxylation sites is 1. The van der Waals surface area contributed by atoms with Crippen molar-refractivity contribution < 1.29 is 54.4 Å². The fourth-order valence-corrected chi connectivity index (χ4v) is 11.8. The van der Waals surface area contributed by atoms with Crippen molar-refractivity contribution in [3.8, 4) is 22.5 Å². The van der Waals surface area contributed by atoms with Crippen molar-refractivity contribution in [1.29, 1.82) is 0 Å². The summed E-state index contributed by atoms with van der Waals surface area (Å²) >= 11 is 0. The van der Waals surface area contributed by atoms with Crippen LogP contribution in [0.5, 0.6) is 0 Å². The lowest BCUT2D eigenvalue weighted by Crippen LogP contribution is -2.32. The van der Waals surface area contributed by atoms with Gasteiger partial charge in [0, 0.05) is 90.2 Å². The number of hydrogen-bond acceptors (Lipinski definition) is 15. The van der Waals surface area contributed by atoms with E-state index in [0.29, 0.717) is 71.7 Å². The minimum absolute atomic E-state index is 0.00795. The monoisotopic (exact) mass is 1160 g/mol. The molecule has 1 unspecified atom stereocenters. The molecule has 0 saturated carbocycles. The van der Waals surface area contributed by atoms with Crippen LogP contribution in [-0.4, -0.2) is 133 Å². The average Bonchev–Trinajstić information content (AvgIpc) is 3.57. The number of anilines is 2. The molecule has 0 saturated heterocycles. The number of fused-ring (bicyclic) bond motifs is 3. The number of nitrogens with one attached hydrogen (secondary N) is 3. The Morgan fingerprint density at radius 2 is 1.48 bits per heavy atom. The van der Waals surface area contributed by atoms with E-state index in [1.165, 1.54) is 12.1 Å². The van der Waals surface area contributed by atoms with Gasteiger partial charge in [-0.2, -0.15) is 0 Å². The molecule has 3 aliphatic rings. The first-order chi connectivity index (χ1) is 39.6. The second kappa shape index (κ2) is 28.5. The van der Waals surface area contributed by atoms with Crippen LogP contribution in [0.3, 0.4) is 0 Å². The second-order valence-electron chi connectivity index (χ2n) is 19.4. The van der Waals surface area contributed by atoms with Gasteiger partial charge < -0.3 is 43.6 Å². The van der Waals surface area contributed by atoms with E-state index in [4.69, 9.17) is 18.6 Å². The fourth-order valence-electron chi connectivity index (χ4n) is 10.00. The maximum Gasteiger partial charge on any atom is 0.258 e. The van der Waals surface area contributed by atoms with Crippen LogP contribution in [0.25, 0.3) is 33.4 Å². The lowest BCUT2D eigenvalue weighted by Gasteiger charge is -2.24. The van der Waals surface area contributed by atoms with E-state index < -0.39 is 29.9 Å². The molecule has 2 aliphatic heterocycles. The molecule has 3 N–H and O–H groups in total. The van der Waals surface area contributed by atoms with Gasteiger partial charge in [0.05, 0.1) is 80.8 Å². The Bertz CT molecular complexity index is 3600. The summed E-state index contributed by atoms with van der Waals surface area (Å²) in [5.41, 5.74) is 5.15. The lowest BCUT2D eigenvalue weighted by atomic mass is 9.93. The Hall–Kier alpha value is -7.38. The van der Waals surface area contributed by atoms with Gasteiger partial charge in [0.15, 0.2) is 0 Å². The summed E-state index contributed by atoms with van der Waals surface area (Å²) in [5, 5.41) is 15.5. The Kier molecular flexibility index (Phi) is 21.1. The van der Waals surface area contributed by atoms with Crippen molar-refractivity contribution >= 4 is 60.2 Å². The van der Waals surface area contributed by atoms with Crippen LogP contribution in [0, 0.1) is 0 Å². The molecule has 3 amide bonds. The molecule has 436 valence electrons. The summed E-state index contributed by atoms with van der Waals surface area (Å²) in [4.78, 5) is 42.0. The SMILES string of the molecule is CCN(CC)c1ccc2c(-c3ccc(S(=O)(=O)NCCOCCOCCOCCn4cc(CNC(=O)CCC(=O)NC5CCCN(C(=O)c6ccccc6)c6ccccc65)nn4)cc3S(=O)(=O)[O-])c3ccc(=[N+](CC)CC)cc-3oc2c1. The van der Waals surface area contributed by atoms with E-state index >= 15 is 0 Å². The Labute approximate surface area is 478 Å². The molecule has 1 aliphatic carbocycles. The van der Waals surface area contributed by atoms with E-state index in [2.05, 4.69) is 35.1 Å². The lowest BCUT2D eigenvalue weighted by molar-refractivity contribution is -0.127. The zero-order valence-electron chi connectivity index (χ0n) is 46.7. The van der Waals surface area contributed by atoms with Crippen molar-refractivity contribution in [3.63, 3.8) is 0 Å². The molecule has 0 bridgehead atoms. The smallest absolute Gasteiger partial charge is 0.258 e. The van der Waals surface area contributed by atoms with E-state index in [9.17, 15) is 35.8 Å². The number of carbonyl (C=O) groups excluding carboxylic acids is 3. The molecule has 82 heavy (non-hydrogen) atoms. The summed E-state index contributed by atoms with van der Waals surface area (Å²) in [6, 6.07) is 31.2. The van der Waals surface area contributed by atoms with Crippen LogP contribution in [0.1, 0.15) is 81.0 Å². The minimum Gasteiger partial charge on any atom is -0.744 e. The number of nitrogens with zero attached hydrogens (tertiary/aromatic N) is 6. The highest BCUT2D eigenvalue weighted by atomic mass is 32.2. The summed E-state index contributed by atoms with van der Waals surface area (Å²) in [5.74, 6) is -0.195. The number of rotatable bonds is 28.